The van der Waals surface area contributed by atoms with Crippen molar-refractivity contribution in [2.45, 2.75) is 52.1 Å². The third kappa shape index (κ3) is 4.68. The van der Waals surface area contributed by atoms with E-state index in [1.165, 1.54) is 18.9 Å². The second kappa shape index (κ2) is 8.85. The fourth-order valence-corrected chi connectivity index (χ4v) is 3.50. The van der Waals surface area contributed by atoms with Crippen LogP contribution in [0.25, 0.3) is 0 Å². The molecule has 0 aliphatic carbocycles. The zero-order valence-electron chi connectivity index (χ0n) is 13.7. The van der Waals surface area contributed by atoms with Crippen LogP contribution in [-0.4, -0.2) is 30.6 Å². The van der Waals surface area contributed by atoms with Crippen LogP contribution in [0.5, 0.6) is 0 Å². The van der Waals surface area contributed by atoms with E-state index in [1.54, 1.807) is 12.1 Å². The number of halogens is 2. The molecule has 0 unspecified atom stereocenters. The van der Waals surface area contributed by atoms with E-state index < -0.39 is 0 Å². The third-order valence-corrected chi connectivity index (χ3v) is 5.25. The van der Waals surface area contributed by atoms with E-state index >= 15 is 0 Å². The lowest BCUT2D eigenvalue weighted by atomic mass is 9.98. The van der Waals surface area contributed by atoms with Gasteiger partial charge in [0.1, 0.15) is 5.82 Å². The van der Waals surface area contributed by atoms with Crippen molar-refractivity contribution in [2.75, 3.05) is 19.6 Å². The minimum Gasteiger partial charge on any atom is -0.317 e. The summed E-state index contributed by atoms with van der Waals surface area (Å²) in [5.41, 5.74) is 0.647. The van der Waals surface area contributed by atoms with Crippen molar-refractivity contribution in [3.05, 3.63) is 34.6 Å². The first kappa shape index (κ1) is 17.7. The van der Waals surface area contributed by atoms with Crippen LogP contribution in [0.1, 0.15) is 45.1 Å². The Morgan fingerprint density at radius 2 is 1.95 bits per heavy atom. The van der Waals surface area contributed by atoms with Gasteiger partial charge in [-0.05, 0) is 44.0 Å². The second-order valence-electron chi connectivity index (χ2n) is 6.29. The van der Waals surface area contributed by atoms with Crippen molar-refractivity contribution in [3.8, 4) is 0 Å². The summed E-state index contributed by atoms with van der Waals surface area (Å²) in [7, 11) is 0. The predicted octanol–water partition coefficient (Wildman–Crippen LogP) is 4.47. The summed E-state index contributed by atoms with van der Waals surface area (Å²) in [6.07, 6.45) is 4.60. The monoisotopic (exact) mass is 326 g/mol. The van der Waals surface area contributed by atoms with Crippen LogP contribution in [0.4, 0.5) is 4.39 Å². The van der Waals surface area contributed by atoms with Gasteiger partial charge in [0.05, 0.1) is 0 Å². The minimum atomic E-state index is -0.184. The number of hydrogen-bond acceptors (Lipinski definition) is 2. The van der Waals surface area contributed by atoms with Crippen molar-refractivity contribution in [1.82, 2.24) is 10.2 Å². The average molecular weight is 327 g/mol. The highest BCUT2D eigenvalue weighted by Gasteiger charge is 2.24. The Bertz CT molecular complexity index is 436. The number of rotatable bonds is 7. The summed E-state index contributed by atoms with van der Waals surface area (Å²) in [6, 6.07) is 5.51. The molecule has 0 radical (unpaired) electrons. The van der Waals surface area contributed by atoms with E-state index in [9.17, 15) is 4.39 Å². The lowest BCUT2D eigenvalue weighted by molar-refractivity contribution is 0.126. The van der Waals surface area contributed by atoms with Crippen LogP contribution < -0.4 is 5.32 Å². The molecule has 0 spiro atoms. The molecule has 1 aromatic rings. The third-order valence-electron chi connectivity index (χ3n) is 4.90. The van der Waals surface area contributed by atoms with Crippen LogP contribution in [0, 0.1) is 11.7 Å². The fourth-order valence-electron chi connectivity index (χ4n) is 3.28. The van der Waals surface area contributed by atoms with E-state index in [0.717, 1.165) is 32.5 Å². The Hall–Kier alpha value is -0.640. The molecule has 0 bridgehead atoms. The number of piperidine rings is 1. The highest BCUT2D eigenvalue weighted by molar-refractivity contribution is 6.31. The largest absolute Gasteiger partial charge is 0.317 e. The highest BCUT2D eigenvalue weighted by atomic mass is 35.5. The smallest absolute Gasteiger partial charge is 0.129 e. The lowest BCUT2D eigenvalue weighted by Crippen LogP contribution is -2.44. The number of hydrogen-bond donors (Lipinski definition) is 1. The SMILES string of the molecule is CCC(CC)CN(Cc1c(F)cccc1Cl)C1CCNCC1. The summed E-state index contributed by atoms with van der Waals surface area (Å²) in [5, 5.41) is 3.96. The molecule has 0 amide bonds. The Morgan fingerprint density at radius 1 is 1.27 bits per heavy atom. The summed E-state index contributed by atoms with van der Waals surface area (Å²) in [5.74, 6) is 0.483. The van der Waals surface area contributed by atoms with Gasteiger partial charge in [-0.25, -0.2) is 4.39 Å². The van der Waals surface area contributed by atoms with Gasteiger partial charge in [0.25, 0.3) is 0 Å². The van der Waals surface area contributed by atoms with Crippen LogP contribution in [-0.2, 0) is 6.54 Å². The maximum Gasteiger partial charge on any atom is 0.129 e. The van der Waals surface area contributed by atoms with Crippen LogP contribution in [0.3, 0.4) is 0 Å². The van der Waals surface area contributed by atoms with Gasteiger partial charge in [-0.1, -0.05) is 44.4 Å². The quantitative estimate of drug-likeness (QED) is 0.795. The Balaban J connectivity index is 2.15. The van der Waals surface area contributed by atoms with Gasteiger partial charge in [-0.2, -0.15) is 0 Å². The van der Waals surface area contributed by atoms with E-state index in [4.69, 9.17) is 11.6 Å². The molecule has 2 nitrogen and oxygen atoms in total. The predicted molar refractivity (Wildman–Crippen MR) is 91.8 cm³/mol. The molecule has 1 aliphatic rings. The number of nitrogens with one attached hydrogen (secondary N) is 1. The molecule has 1 N–H and O–H groups in total. The molecule has 1 saturated heterocycles. The number of nitrogens with zero attached hydrogens (tertiary/aromatic N) is 1. The summed E-state index contributed by atoms with van der Waals surface area (Å²) < 4.78 is 14.2. The maximum atomic E-state index is 14.2. The molecule has 0 aromatic heterocycles. The van der Waals surface area contributed by atoms with Gasteiger partial charge >= 0.3 is 0 Å². The van der Waals surface area contributed by atoms with Gasteiger partial charge < -0.3 is 5.32 Å². The molecule has 0 atom stereocenters. The first-order valence-corrected chi connectivity index (χ1v) is 8.91. The van der Waals surface area contributed by atoms with Crippen LogP contribution >= 0.6 is 11.6 Å². The Morgan fingerprint density at radius 3 is 2.55 bits per heavy atom. The molecule has 1 fully saturated rings. The van der Waals surface area contributed by atoms with Crippen molar-refractivity contribution < 1.29 is 4.39 Å². The average Bonchev–Trinajstić information content (AvgIpc) is 2.55. The Labute approximate surface area is 139 Å². The van der Waals surface area contributed by atoms with Crippen LogP contribution in [0.15, 0.2) is 18.2 Å². The van der Waals surface area contributed by atoms with Crippen LogP contribution in [0.2, 0.25) is 5.02 Å². The molecule has 1 aliphatic heterocycles. The van der Waals surface area contributed by atoms with Crippen molar-refractivity contribution in [2.24, 2.45) is 5.92 Å². The molecule has 1 aromatic carbocycles. The summed E-state index contributed by atoms with van der Waals surface area (Å²) >= 11 is 6.24. The van der Waals surface area contributed by atoms with Gasteiger partial charge in [0.2, 0.25) is 0 Å². The minimum absolute atomic E-state index is 0.184. The zero-order chi connectivity index (χ0) is 15.9. The van der Waals surface area contributed by atoms with Gasteiger partial charge in [-0.15, -0.1) is 0 Å². The van der Waals surface area contributed by atoms with Gasteiger partial charge in [-0.3, -0.25) is 4.90 Å². The zero-order valence-corrected chi connectivity index (χ0v) is 14.5. The molecule has 22 heavy (non-hydrogen) atoms. The first-order valence-electron chi connectivity index (χ1n) is 8.53. The normalized spacial score (nSPS) is 16.6. The summed E-state index contributed by atoms with van der Waals surface area (Å²) in [4.78, 5) is 2.46. The maximum absolute atomic E-state index is 14.2. The molecule has 2 rings (SSSR count). The molecule has 0 saturated carbocycles. The van der Waals surface area contributed by atoms with E-state index in [-0.39, 0.29) is 5.82 Å². The van der Waals surface area contributed by atoms with Gasteiger partial charge in [0.15, 0.2) is 0 Å². The second-order valence-corrected chi connectivity index (χ2v) is 6.70. The molecular weight excluding hydrogens is 299 g/mol. The summed E-state index contributed by atoms with van der Waals surface area (Å²) in [6.45, 7) is 8.23. The topological polar surface area (TPSA) is 15.3 Å². The fraction of sp³-hybridized carbons (Fsp3) is 0.667. The van der Waals surface area contributed by atoms with E-state index in [0.29, 0.717) is 29.1 Å². The van der Waals surface area contributed by atoms with Crippen molar-refractivity contribution in [1.29, 1.82) is 0 Å². The molecular formula is C18H28ClFN2. The van der Waals surface area contributed by atoms with Crippen molar-refractivity contribution >= 4 is 11.6 Å². The lowest BCUT2D eigenvalue weighted by Gasteiger charge is -2.37. The molecule has 124 valence electrons. The van der Waals surface area contributed by atoms with Gasteiger partial charge in [0, 0.05) is 29.7 Å². The van der Waals surface area contributed by atoms with E-state index in [1.807, 2.05) is 0 Å². The first-order chi connectivity index (χ1) is 10.7. The number of benzene rings is 1. The van der Waals surface area contributed by atoms with E-state index in [2.05, 4.69) is 24.1 Å². The molecule has 4 heteroatoms. The standard InChI is InChI=1S/C18H28ClFN2/c1-3-14(4-2)12-22(15-8-10-21-11-9-15)13-16-17(19)6-5-7-18(16)20/h5-7,14-15,21H,3-4,8-13H2,1-2H3. The highest BCUT2D eigenvalue weighted by Crippen LogP contribution is 2.25. The Kier molecular flexibility index (Phi) is 7.13. The molecule has 1 heterocycles. The van der Waals surface area contributed by atoms with Crippen molar-refractivity contribution in [3.63, 3.8) is 0 Å².